The Hall–Kier alpha value is -0.940. The first-order chi connectivity index (χ1) is 8.67. The fourth-order valence-corrected chi connectivity index (χ4v) is 1.76. The van der Waals surface area contributed by atoms with Crippen molar-refractivity contribution in [2.75, 3.05) is 13.6 Å². The van der Waals surface area contributed by atoms with E-state index in [1.807, 2.05) is 13.0 Å². The molecule has 110 valence electrons. The molecule has 0 saturated carbocycles. The van der Waals surface area contributed by atoms with E-state index in [4.69, 9.17) is 4.42 Å². The molecule has 0 unspecified atom stereocenters. The summed E-state index contributed by atoms with van der Waals surface area (Å²) in [4.78, 5) is 1.56. The van der Waals surface area contributed by atoms with Gasteiger partial charge in [0.05, 0.1) is 19.6 Å². The van der Waals surface area contributed by atoms with E-state index in [9.17, 15) is 8.78 Å². The number of hydrogen-bond acceptors (Lipinski definition) is 3. The van der Waals surface area contributed by atoms with Gasteiger partial charge in [0.15, 0.2) is 0 Å². The van der Waals surface area contributed by atoms with E-state index < -0.39 is 6.43 Å². The van der Waals surface area contributed by atoms with E-state index in [0.717, 1.165) is 17.1 Å². The Morgan fingerprint density at radius 1 is 1.37 bits per heavy atom. The predicted octanol–water partition coefficient (Wildman–Crippen LogP) is 3.17. The maximum Gasteiger partial charge on any atom is 0.251 e. The molecule has 0 spiro atoms. The smallest absolute Gasteiger partial charge is 0.251 e. The van der Waals surface area contributed by atoms with Crippen LogP contribution in [-0.2, 0) is 13.1 Å². The summed E-state index contributed by atoms with van der Waals surface area (Å²) >= 11 is 0. The molecule has 0 atom stereocenters. The fourth-order valence-electron chi connectivity index (χ4n) is 1.76. The van der Waals surface area contributed by atoms with E-state index >= 15 is 0 Å². The van der Waals surface area contributed by atoms with Crippen molar-refractivity contribution in [3.05, 3.63) is 23.2 Å². The molecule has 19 heavy (non-hydrogen) atoms. The summed E-state index contributed by atoms with van der Waals surface area (Å²) in [7, 11) is 1.66. The van der Waals surface area contributed by atoms with Gasteiger partial charge in [-0.1, -0.05) is 0 Å². The van der Waals surface area contributed by atoms with Crippen molar-refractivity contribution in [1.29, 1.82) is 0 Å². The Kier molecular flexibility index (Phi) is 5.50. The summed E-state index contributed by atoms with van der Waals surface area (Å²) < 4.78 is 30.2. The van der Waals surface area contributed by atoms with Crippen LogP contribution in [0.2, 0.25) is 0 Å². The van der Waals surface area contributed by atoms with E-state index in [1.165, 1.54) is 0 Å². The van der Waals surface area contributed by atoms with Gasteiger partial charge in [0, 0.05) is 5.54 Å². The zero-order valence-corrected chi connectivity index (χ0v) is 12.4. The highest BCUT2D eigenvalue weighted by atomic mass is 19.3. The van der Waals surface area contributed by atoms with Gasteiger partial charge in [-0.05, 0) is 46.4 Å². The van der Waals surface area contributed by atoms with Crippen LogP contribution in [0.1, 0.15) is 37.9 Å². The van der Waals surface area contributed by atoms with Crippen LogP contribution < -0.4 is 5.32 Å². The van der Waals surface area contributed by atoms with Crippen molar-refractivity contribution in [2.45, 2.75) is 52.7 Å². The molecular formula is C14H24F2N2O. The molecule has 0 aliphatic heterocycles. The summed E-state index contributed by atoms with van der Waals surface area (Å²) in [5, 5.41) is 3.35. The molecule has 5 heteroatoms. The third kappa shape index (κ3) is 6.16. The molecule has 0 aliphatic carbocycles. The number of hydrogen-bond donors (Lipinski definition) is 1. The molecule has 0 amide bonds. The number of alkyl halides is 2. The molecule has 1 N–H and O–H groups in total. The van der Waals surface area contributed by atoms with Crippen molar-refractivity contribution in [1.82, 2.24) is 10.2 Å². The quantitative estimate of drug-likeness (QED) is 0.863. The van der Waals surface area contributed by atoms with Gasteiger partial charge in [0.2, 0.25) is 0 Å². The molecule has 1 aromatic heterocycles. The first-order valence-corrected chi connectivity index (χ1v) is 6.47. The second-order valence-corrected chi connectivity index (χ2v) is 6.01. The van der Waals surface area contributed by atoms with Gasteiger partial charge in [-0.25, -0.2) is 8.78 Å². The van der Waals surface area contributed by atoms with Crippen LogP contribution in [0.3, 0.4) is 0 Å². The second kappa shape index (κ2) is 6.48. The maximum atomic E-state index is 12.2. The molecule has 0 saturated heterocycles. The lowest BCUT2D eigenvalue weighted by Gasteiger charge is -2.19. The zero-order valence-electron chi connectivity index (χ0n) is 12.4. The van der Waals surface area contributed by atoms with E-state index in [1.54, 1.807) is 11.9 Å². The predicted molar refractivity (Wildman–Crippen MR) is 72.4 cm³/mol. The maximum absolute atomic E-state index is 12.2. The number of furan rings is 1. The Morgan fingerprint density at radius 2 is 2.00 bits per heavy atom. The lowest BCUT2D eigenvalue weighted by atomic mass is 10.1. The monoisotopic (exact) mass is 274 g/mol. The van der Waals surface area contributed by atoms with Crippen molar-refractivity contribution < 1.29 is 13.2 Å². The largest absolute Gasteiger partial charge is 0.463 e. The fraction of sp³-hybridized carbons (Fsp3) is 0.714. The molecule has 3 nitrogen and oxygen atoms in total. The molecule has 0 bridgehead atoms. The number of aryl methyl sites for hydroxylation is 1. The van der Waals surface area contributed by atoms with Crippen LogP contribution in [0.15, 0.2) is 10.5 Å². The van der Waals surface area contributed by atoms with E-state index in [-0.39, 0.29) is 12.1 Å². The first-order valence-electron chi connectivity index (χ1n) is 6.47. The number of halogens is 2. The summed E-state index contributed by atoms with van der Waals surface area (Å²) in [5.74, 6) is 1.60. The van der Waals surface area contributed by atoms with Gasteiger partial charge in [-0.15, -0.1) is 0 Å². The van der Waals surface area contributed by atoms with Gasteiger partial charge in [0.25, 0.3) is 6.43 Å². The van der Waals surface area contributed by atoms with Crippen molar-refractivity contribution in [3.8, 4) is 0 Å². The highest BCUT2D eigenvalue weighted by Gasteiger charge is 2.15. The summed E-state index contributed by atoms with van der Waals surface area (Å²) in [6, 6.07) is 1.92. The van der Waals surface area contributed by atoms with Crippen LogP contribution >= 0.6 is 0 Å². The van der Waals surface area contributed by atoms with Gasteiger partial charge in [0.1, 0.15) is 11.5 Å². The van der Waals surface area contributed by atoms with Gasteiger partial charge >= 0.3 is 0 Å². The van der Waals surface area contributed by atoms with Crippen LogP contribution in [-0.4, -0.2) is 30.5 Å². The van der Waals surface area contributed by atoms with E-state index in [0.29, 0.717) is 13.1 Å². The molecular weight excluding hydrogens is 250 g/mol. The first kappa shape index (κ1) is 16.1. The third-order valence-corrected chi connectivity index (χ3v) is 2.73. The second-order valence-electron chi connectivity index (χ2n) is 6.01. The highest BCUT2D eigenvalue weighted by Crippen LogP contribution is 2.17. The standard InChI is InChI=1S/C14H24F2N2O/c1-10-6-11(8-18(5)9-13(15)16)19-12(10)7-17-14(2,3)4/h6,13,17H,7-9H2,1-5H3. The van der Waals surface area contributed by atoms with Crippen molar-refractivity contribution >= 4 is 0 Å². The normalized spacial score (nSPS) is 12.7. The highest BCUT2D eigenvalue weighted by molar-refractivity contribution is 5.20. The Labute approximate surface area is 114 Å². The molecule has 0 radical (unpaired) electrons. The zero-order chi connectivity index (χ0) is 14.6. The molecule has 1 aromatic rings. The average molecular weight is 274 g/mol. The lowest BCUT2D eigenvalue weighted by Crippen LogP contribution is -2.35. The molecule has 0 aromatic carbocycles. The van der Waals surface area contributed by atoms with Crippen LogP contribution in [0, 0.1) is 6.92 Å². The SMILES string of the molecule is Cc1cc(CN(C)CC(F)F)oc1CNC(C)(C)C. The Balaban J connectivity index is 2.58. The number of nitrogens with zero attached hydrogens (tertiary/aromatic N) is 1. The minimum Gasteiger partial charge on any atom is -0.463 e. The van der Waals surface area contributed by atoms with Crippen LogP contribution in [0.5, 0.6) is 0 Å². The van der Waals surface area contributed by atoms with Crippen LogP contribution in [0.4, 0.5) is 8.78 Å². The van der Waals surface area contributed by atoms with Crippen LogP contribution in [0.25, 0.3) is 0 Å². The summed E-state index contributed by atoms with van der Waals surface area (Å²) in [6.45, 7) is 9.04. The van der Waals surface area contributed by atoms with Crippen molar-refractivity contribution in [2.24, 2.45) is 0 Å². The summed E-state index contributed by atoms with van der Waals surface area (Å²) in [6.07, 6.45) is -2.32. The molecule has 1 heterocycles. The number of rotatable bonds is 6. The van der Waals surface area contributed by atoms with Gasteiger partial charge in [-0.2, -0.15) is 0 Å². The average Bonchev–Trinajstić information content (AvgIpc) is 2.53. The van der Waals surface area contributed by atoms with Gasteiger partial charge < -0.3 is 9.73 Å². The molecule has 0 aliphatic rings. The van der Waals surface area contributed by atoms with Crippen molar-refractivity contribution in [3.63, 3.8) is 0 Å². The molecule has 0 fully saturated rings. The minimum absolute atomic E-state index is 0.0197. The molecule has 1 rings (SSSR count). The minimum atomic E-state index is -2.32. The Bertz CT molecular complexity index is 397. The third-order valence-electron chi connectivity index (χ3n) is 2.73. The summed E-state index contributed by atoms with van der Waals surface area (Å²) in [5.41, 5.74) is 1.07. The van der Waals surface area contributed by atoms with Gasteiger partial charge in [-0.3, -0.25) is 4.90 Å². The topological polar surface area (TPSA) is 28.4 Å². The van der Waals surface area contributed by atoms with E-state index in [2.05, 4.69) is 26.1 Å². The number of nitrogens with one attached hydrogen (secondary N) is 1. The lowest BCUT2D eigenvalue weighted by molar-refractivity contribution is 0.0944. The Morgan fingerprint density at radius 3 is 2.53 bits per heavy atom.